The van der Waals surface area contributed by atoms with Crippen molar-refractivity contribution in [1.82, 2.24) is 0 Å². The van der Waals surface area contributed by atoms with Crippen molar-refractivity contribution in [3.8, 4) is 11.1 Å². The maximum absolute atomic E-state index is 12.2. The second kappa shape index (κ2) is 4.61. The lowest BCUT2D eigenvalue weighted by atomic mass is 9.84. The second-order valence-electron chi connectivity index (χ2n) is 4.53. The van der Waals surface area contributed by atoms with Crippen LogP contribution in [-0.2, 0) is 14.3 Å². The molecule has 0 heterocycles. The fourth-order valence-corrected chi connectivity index (χ4v) is 3.05. The average Bonchev–Trinajstić information content (AvgIpc) is 2.52. The summed E-state index contributed by atoms with van der Waals surface area (Å²) in [6.07, 6.45) is 0. The Morgan fingerprint density at radius 1 is 0.810 bits per heavy atom. The van der Waals surface area contributed by atoms with Crippen LogP contribution in [0.1, 0.15) is 20.7 Å². The van der Waals surface area contributed by atoms with E-state index in [9.17, 15) is 18.0 Å². The molecule has 106 valence electrons. The molecule has 0 spiro atoms. The van der Waals surface area contributed by atoms with Crippen LogP contribution in [0, 0.1) is 0 Å². The van der Waals surface area contributed by atoms with Crippen LogP contribution in [0.3, 0.4) is 0 Å². The van der Waals surface area contributed by atoms with E-state index < -0.39 is 21.7 Å². The van der Waals surface area contributed by atoms with E-state index in [1.807, 2.05) is 0 Å². The number of carbonyl (C=O) groups is 2. The van der Waals surface area contributed by atoms with Crippen molar-refractivity contribution in [2.45, 2.75) is 4.90 Å². The molecule has 0 saturated heterocycles. The Bertz CT molecular complexity index is 881. The van der Waals surface area contributed by atoms with Gasteiger partial charge in [0.2, 0.25) is 11.6 Å². The molecule has 0 unspecified atom stereocenters. The molecule has 0 radical (unpaired) electrons. The molecule has 5 nitrogen and oxygen atoms in total. The first-order chi connectivity index (χ1) is 9.95. The van der Waals surface area contributed by atoms with E-state index in [0.29, 0.717) is 16.7 Å². The summed E-state index contributed by atoms with van der Waals surface area (Å²) in [6, 6.07) is 10.8. The van der Waals surface area contributed by atoms with E-state index in [1.54, 1.807) is 24.3 Å². The molecule has 0 atom stereocenters. The highest BCUT2D eigenvalue weighted by Crippen LogP contribution is 2.34. The highest BCUT2D eigenvalue weighted by Gasteiger charge is 2.31. The summed E-state index contributed by atoms with van der Waals surface area (Å²) in [5.41, 5.74) is 1.58. The Labute approximate surface area is 121 Å². The minimum absolute atomic E-state index is 0.0804. The van der Waals surface area contributed by atoms with Crippen molar-refractivity contribution in [2.75, 3.05) is 7.11 Å². The molecule has 0 saturated carbocycles. The third-order valence-electron chi connectivity index (χ3n) is 3.41. The summed E-state index contributed by atoms with van der Waals surface area (Å²) < 4.78 is 27.8. The number of hydrogen-bond acceptors (Lipinski definition) is 5. The molecule has 1 aliphatic rings. The first-order valence-electron chi connectivity index (χ1n) is 6.09. The van der Waals surface area contributed by atoms with E-state index in [4.69, 9.17) is 0 Å². The predicted octanol–water partition coefficient (Wildman–Crippen LogP) is 2.07. The van der Waals surface area contributed by atoms with Crippen LogP contribution < -0.4 is 0 Å². The van der Waals surface area contributed by atoms with Gasteiger partial charge in [-0.25, -0.2) is 0 Å². The maximum Gasteiger partial charge on any atom is 0.296 e. The third kappa shape index (κ3) is 2.00. The van der Waals surface area contributed by atoms with Gasteiger partial charge >= 0.3 is 0 Å². The Morgan fingerprint density at radius 3 is 2.05 bits per heavy atom. The molecule has 2 aromatic rings. The summed E-state index contributed by atoms with van der Waals surface area (Å²) in [6.45, 7) is 0. The number of fused-ring (bicyclic) bond motifs is 3. The van der Waals surface area contributed by atoms with E-state index >= 15 is 0 Å². The molecular formula is C15H10O5S. The lowest BCUT2D eigenvalue weighted by molar-refractivity contribution is 0.0815. The Kier molecular flexibility index (Phi) is 3.00. The minimum Gasteiger partial charge on any atom is -0.285 e. The van der Waals surface area contributed by atoms with Gasteiger partial charge < -0.3 is 0 Å². The summed E-state index contributed by atoms with van der Waals surface area (Å²) in [4.78, 5) is 24.1. The number of rotatable bonds is 2. The zero-order valence-corrected chi connectivity index (χ0v) is 11.8. The van der Waals surface area contributed by atoms with Crippen LogP contribution in [0.2, 0.25) is 0 Å². The van der Waals surface area contributed by atoms with Crippen molar-refractivity contribution >= 4 is 21.7 Å². The molecule has 21 heavy (non-hydrogen) atoms. The monoisotopic (exact) mass is 302 g/mol. The molecule has 0 fully saturated rings. The highest BCUT2D eigenvalue weighted by molar-refractivity contribution is 7.86. The summed E-state index contributed by atoms with van der Waals surface area (Å²) in [7, 11) is -2.87. The van der Waals surface area contributed by atoms with Gasteiger partial charge in [0, 0.05) is 11.1 Å². The smallest absolute Gasteiger partial charge is 0.285 e. The van der Waals surface area contributed by atoms with Crippen LogP contribution in [0.25, 0.3) is 11.1 Å². The molecule has 0 aromatic heterocycles. The fraction of sp³-hybridized carbons (Fsp3) is 0.0667. The normalized spacial score (nSPS) is 13.8. The van der Waals surface area contributed by atoms with Gasteiger partial charge in [0.15, 0.2) is 0 Å². The first-order valence-corrected chi connectivity index (χ1v) is 7.49. The van der Waals surface area contributed by atoms with Gasteiger partial charge in [-0.3, -0.25) is 13.8 Å². The molecule has 0 N–H and O–H groups in total. The molecule has 3 rings (SSSR count). The molecule has 0 aliphatic heterocycles. The number of benzene rings is 2. The van der Waals surface area contributed by atoms with E-state index in [1.165, 1.54) is 18.2 Å². The van der Waals surface area contributed by atoms with E-state index in [2.05, 4.69) is 4.18 Å². The van der Waals surface area contributed by atoms with E-state index in [-0.39, 0.29) is 10.5 Å². The summed E-state index contributed by atoms with van der Waals surface area (Å²) in [5, 5.41) is 0. The van der Waals surface area contributed by atoms with Gasteiger partial charge in [-0.2, -0.15) is 8.42 Å². The van der Waals surface area contributed by atoms with Gasteiger partial charge in [-0.05, 0) is 23.3 Å². The fourth-order valence-electron chi connectivity index (χ4n) is 2.36. The standard InChI is InChI=1S/C15H10O5S/c1-20-21(18,19)9-6-7-11-10-4-2-3-5-12(10)14(16)15(17)13(11)8-9/h2-8H,1H3. The molecule has 0 amide bonds. The number of carbonyl (C=O) groups excluding carboxylic acids is 2. The summed E-state index contributed by atoms with van der Waals surface area (Å²) in [5.74, 6) is -1.35. The highest BCUT2D eigenvalue weighted by atomic mass is 32.2. The number of ketones is 2. The topological polar surface area (TPSA) is 77.5 Å². The molecule has 6 heteroatoms. The van der Waals surface area contributed by atoms with Gasteiger partial charge in [0.25, 0.3) is 10.1 Å². The average molecular weight is 302 g/mol. The van der Waals surface area contributed by atoms with Crippen LogP contribution in [0.15, 0.2) is 47.4 Å². The maximum atomic E-state index is 12.2. The Hall–Kier alpha value is -2.31. The lowest BCUT2D eigenvalue weighted by Gasteiger charge is -2.18. The largest absolute Gasteiger partial charge is 0.296 e. The van der Waals surface area contributed by atoms with Crippen LogP contribution in [0.4, 0.5) is 0 Å². The SMILES string of the molecule is COS(=O)(=O)c1ccc2c(c1)C(=O)C(=O)c1ccccc1-2. The van der Waals surface area contributed by atoms with Crippen LogP contribution in [-0.4, -0.2) is 27.1 Å². The molecule has 1 aliphatic carbocycles. The van der Waals surface area contributed by atoms with Crippen molar-refractivity contribution in [1.29, 1.82) is 0 Å². The van der Waals surface area contributed by atoms with Crippen molar-refractivity contribution in [2.24, 2.45) is 0 Å². The molecule has 2 aromatic carbocycles. The third-order valence-corrected chi connectivity index (χ3v) is 4.68. The summed E-state index contributed by atoms with van der Waals surface area (Å²) >= 11 is 0. The number of hydrogen-bond donors (Lipinski definition) is 0. The molecular weight excluding hydrogens is 292 g/mol. The minimum atomic E-state index is -3.91. The Balaban J connectivity index is 2.30. The van der Waals surface area contributed by atoms with Crippen LogP contribution >= 0.6 is 0 Å². The lowest BCUT2D eigenvalue weighted by Crippen LogP contribution is -2.21. The Morgan fingerprint density at radius 2 is 1.38 bits per heavy atom. The van der Waals surface area contributed by atoms with Gasteiger partial charge in [-0.1, -0.05) is 30.3 Å². The van der Waals surface area contributed by atoms with Crippen LogP contribution in [0.5, 0.6) is 0 Å². The van der Waals surface area contributed by atoms with Gasteiger partial charge in [0.05, 0.1) is 12.0 Å². The number of Topliss-reactive ketones (excluding diaryl/α,β-unsaturated/α-hetero) is 2. The first kappa shape index (κ1) is 13.7. The quantitative estimate of drug-likeness (QED) is 0.627. The second-order valence-corrected chi connectivity index (χ2v) is 6.24. The van der Waals surface area contributed by atoms with Crippen molar-refractivity contribution < 1.29 is 22.2 Å². The molecule has 0 bridgehead atoms. The van der Waals surface area contributed by atoms with Crippen molar-refractivity contribution in [3.05, 3.63) is 53.6 Å². The zero-order valence-electron chi connectivity index (χ0n) is 11.0. The zero-order chi connectivity index (χ0) is 15.2. The predicted molar refractivity (Wildman–Crippen MR) is 74.7 cm³/mol. The van der Waals surface area contributed by atoms with Crippen molar-refractivity contribution in [3.63, 3.8) is 0 Å². The van der Waals surface area contributed by atoms with Gasteiger partial charge in [0.1, 0.15) is 0 Å². The van der Waals surface area contributed by atoms with E-state index in [0.717, 1.165) is 7.11 Å². The van der Waals surface area contributed by atoms with Gasteiger partial charge in [-0.15, -0.1) is 0 Å².